The zero-order valence-electron chi connectivity index (χ0n) is 20.7. The first-order valence-corrected chi connectivity index (χ1v) is 14.6. The minimum absolute atomic E-state index is 0.00924. The molecule has 4 rings (SSSR count). The fourth-order valence-electron chi connectivity index (χ4n) is 4.43. The number of hydrogen-bond donors (Lipinski definition) is 0. The zero-order valence-corrected chi connectivity index (χ0v) is 24.6. The van der Waals surface area contributed by atoms with Crippen LogP contribution in [0.2, 0.25) is 5.02 Å². The normalized spacial score (nSPS) is 13.2. The monoisotopic (exact) mass is 629 g/mol. The molecule has 0 N–H and O–H groups in total. The van der Waals surface area contributed by atoms with E-state index in [1.54, 1.807) is 0 Å². The van der Waals surface area contributed by atoms with Crippen molar-refractivity contribution in [2.75, 3.05) is 6.66 Å². The van der Waals surface area contributed by atoms with E-state index in [9.17, 15) is 0 Å². The number of pyridine rings is 1. The summed E-state index contributed by atoms with van der Waals surface area (Å²) < 4.78 is 12.0. The van der Waals surface area contributed by atoms with Gasteiger partial charge in [0.2, 0.25) is 0 Å². The lowest BCUT2D eigenvalue weighted by Crippen LogP contribution is -2.20. The van der Waals surface area contributed by atoms with Gasteiger partial charge < -0.3 is 7.59 Å². The molecule has 36 heavy (non-hydrogen) atoms. The third-order valence-corrected chi connectivity index (χ3v) is 7.77. The molecule has 0 radical (unpaired) electrons. The van der Waals surface area contributed by atoms with Gasteiger partial charge >= 0.3 is 0 Å². The Labute approximate surface area is 234 Å². The average Bonchev–Trinajstić information content (AvgIpc) is 2.88. The van der Waals surface area contributed by atoms with Gasteiger partial charge in [-0.15, -0.1) is 0 Å². The van der Waals surface area contributed by atoms with E-state index in [2.05, 4.69) is 81.2 Å². The Morgan fingerprint density at radius 3 is 2.61 bits per heavy atom. The highest BCUT2D eigenvalue weighted by atomic mass is 127. The Hall–Kier alpha value is -1.82. The number of aromatic nitrogens is 1. The van der Waals surface area contributed by atoms with Crippen molar-refractivity contribution < 1.29 is 7.59 Å². The van der Waals surface area contributed by atoms with Crippen LogP contribution in [-0.4, -0.2) is 11.6 Å². The number of halogens is 2. The summed E-state index contributed by atoms with van der Waals surface area (Å²) in [5, 5.41) is 1.77. The van der Waals surface area contributed by atoms with Gasteiger partial charge in [-0.25, -0.2) is 4.98 Å². The van der Waals surface area contributed by atoms with Crippen molar-refractivity contribution in [3.8, 4) is 0 Å². The summed E-state index contributed by atoms with van der Waals surface area (Å²) in [7, 11) is 0.445. The summed E-state index contributed by atoms with van der Waals surface area (Å²) in [5.41, 5.74) is 6.30. The van der Waals surface area contributed by atoms with Crippen molar-refractivity contribution in [1.29, 1.82) is 0 Å². The molecule has 6 heteroatoms. The average molecular weight is 630 g/mol. The number of hydrogen-bond acceptors (Lipinski definition) is 3. The van der Waals surface area contributed by atoms with Crippen molar-refractivity contribution in [2.45, 2.75) is 38.4 Å². The Balaban J connectivity index is 1.49. The van der Waals surface area contributed by atoms with Crippen LogP contribution in [0.15, 0.2) is 78.9 Å². The van der Waals surface area contributed by atoms with Crippen LogP contribution in [0.4, 0.5) is 0 Å². The predicted molar refractivity (Wildman–Crippen MR) is 163 cm³/mol. The Kier molecular flexibility index (Phi) is 9.54. The molecule has 1 heterocycles. The fourth-order valence-corrected chi connectivity index (χ4v) is 5.76. The molecule has 186 valence electrons. The molecule has 1 unspecified atom stereocenters. The van der Waals surface area contributed by atoms with Crippen LogP contribution >= 0.6 is 43.4 Å². The third kappa shape index (κ3) is 6.93. The van der Waals surface area contributed by atoms with Gasteiger partial charge in [-0.3, -0.25) is 0 Å². The van der Waals surface area contributed by atoms with Crippen LogP contribution < -0.4 is 0 Å². The van der Waals surface area contributed by atoms with Gasteiger partial charge in [-0.05, 0) is 85.9 Å². The number of nitrogens with zero attached hydrogens (tertiary/aromatic N) is 1. The molecule has 4 aromatic rings. The number of fused-ring (bicyclic) bond motifs is 1. The van der Waals surface area contributed by atoms with Crippen LogP contribution in [0.25, 0.3) is 23.1 Å². The number of aryl methyl sites for hydroxylation is 1. The van der Waals surface area contributed by atoms with Gasteiger partial charge in [-0.1, -0.05) is 72.3 Å². The fraction of sp³-hybridized carbons (Fsp3) is 0.233. The van der Waals surface area contributed by atoms with E-state index < -0.39 is 0 Å². The Morgan fingerprint density at radius 2 is 1.81 bits per heavy atom. The Bertz CT molecular complexity index is 1360. The molecule has 0 aliphatic rings. The molecular formula is C30H30ClINO2P. The van der Waals surface area contributed by atoms with Gasteiger partial charge in [0.1, 0.15) is 23.0 Å². The Morgan fingerprint density at radius 1 is 1.00 bits per heavy atom. The second-order valence-electron chi connectivity index (χ2n) is 9.17. The molecule has 2 atom stereocenters. The summed E-state index contributed by atoms with van der Waals surface area (Å²) in [4.78, 5) is 4.72. The molecule has 0 aliphatic carbocycles. The zero-order chi connectivity index (χ0) is 25.5. The summed E-state index contributed by atoms with van der Waals surface area (Å²) >= 11 is 8.16. The molecule has 0 saturated heterocycles. The van der Waals surface area contributed by atoms with Gasteiger partial charge in [0.05, 0.1) is 22.9 Å². The predicted octanol–water partition coefficient (Wildman–Crippen LogP) is 9.57. The number of rotatable bonds is 10. The summed E-state index contributed by atoms with van der Waals surface area (Å²) in [6.07, 6.45) is 5.90. The molecule has 0 saturated carbocycles. The molecule has 0 aliphatic heterocycles. The highest BCUT2D eigenvalue weighted by molar-refractivity contribution is 14.1. The molecular weight excluding hydrogens is 600 g/mol. The second kappa shape index (κ2) is 12.6. The largest absolute Gasteiger partial charge is 0.352 e. The van der Waals surface area contributed by atoms with E-state index in [0.29, 0.717) is 13.8 Å². The van der Waals surface area contributed by atoms with Crippen molar-refractivity contribution >= 4 is 66.5 Å². The minimum Gasteiger partial charge on any atom is -0.352 e. The summed E-state index contributed by atoms with van der Waals surface area (Å²) in [6.45, 7) is 6.35. The van der Waals surface area contributed by atoms with Crippen molar-refractivity contribution in [1.82, 2.24) is 4.98 Å². The van der Waals surface area contributed by atoms with Crippen LogP contribution in [0.3, 0.4) is 0 Å². The lowest BCUT2D eigenvalue weighted by atomic mass is 9.90. The maximum Gasteiger partial charge on any atom is 0.110 e. The molecule has 0 spiro atoms. The summed E-state index contributed by atoms with van der Waals surface area (Å²) in [5.74, 6) is 0. The quantitative estimate of drug-likeness (QED) is 0.129. The van der Waals surface area contributed by atoms with Crippen molar-refractivity contribution in [3.05, 3.63) is 112 Å². The molecule has 0 bridgehead atoms. The number of benzene rings is 3. The molecule has 3 aromatic carbocycles. The van der Waals surface area contributed by atoms with E-state index in [1.807, 2.05) is 53.3 Å². The van der Waals surface area contributed by atoms with Crippen LogP contribution in [0.1, 0.15) is 54.3 Å². The first-order valence-electron chi connectivity index (χ1n) is 11.9. The van der Waals surface area contributed by atoms with Gasteiger partial charge in [0.25, 0.3) is 0 Å². The van der Waals surface area contributed by atoms with Crippen LogP contribution in [-0.2, 0) is 19.6 Å². The first-order chi connectivity index (χ1) is 17.4. The molecule has 0 amide bonds. The van der Waals surface area contributed by atoms with E-state index in [4.69, 9.17) is 24.2 Å². The van der Waals surface area contributed by atoms with Crippen molar-refractivity contribution in [3.63, 3.8) is 0 Å². The minimum atomic E-state index is -0.308. The van der Waals surface area contributed by atoms with E-state index in [1.165, 1.54) is 11.1 Å². The topological polar surface area (TPSA) is 31.4 Å². The highest BCUT2D eigenvalue weighted by Crippen LogP contribution is 2.35. The third-order valence-electron chi connectivity index (χ3n) is 6.21. The lowest BCUT2D eigenvalue weighted by Gasteiger charge is -2.28. The maximum atomic E-state index is 6.14. The van der Waals surface area contributed by atoms with Crippen molar-refractivity contribution in [2.24, 2.45) is 0 Å². The van der Waals surface area contributed by atoms with E-state index >= 15 is 0 Å². The smallest absolute Gasteiger partial charge is 0.110 e. The van der Waals surface area contributed by atoms with Gasteiger partial charge in [-0.2, -0.15) is 0 Å². The molecule has 0 fully saturated rings. The van der Waals surface area contributed by atoms with E-state index in [-0.39, 0.29) is 11.7 Å². The van der Waals surface area contributed by atoms with Crippen LogP contribution in [0.5, 0.6) is 0 Å². The highest BCUT2D eigenvalue weighted by Gasteiger charge is 2.24. The molecule has 1 aromatic heterocycles. The van der Waals surface area contributed by atoms with Gasteiger partial charge in [0, 0.05) is 19.2 Å². The van der Waals surface area contributed by atoms with E-state index in [0.717, 1.165) is 40.6 Å². The lowest BCUT2D eigenvalue weighted by molar-refractivity contribution is 0.133. The van der Waals surface area contributed by atoms with Gasteiger partial charge in [0.15, 0.2) is 0 Å². The maximum absolute atomic E-state index is 6.14. The SMILES string of the molecule is CPOC(C)(C)c1ccccc1CC[C@H](OI)c1cccc(/C=C/c2ccc3ccc(Cl)cc3n2)c1. The summed E-state index contributed by atoms with van der Waals surface area (Å²) in [6, 6.07) is 26.9. The standard InChI is InChI=1S/C30H30ClINO2P/c1-30(2,35-36-3)27-10-5-4-8-22(27)14-18-29(34-32)24-9-6-7-21(19-24)11-16-26-17-13-23-12-15-25(31)20-28(23)33-26/h4-13,15-17,19-20,29,36H,14,18H2,1-3H3/b16-11+/t29-/m0/s1. The van der Waals surface area contributed by atoms with Crippen LogP contribution in [0, 0.1) is 0 Å². The first kappa shape index (κ1) is 27.2. The second-order valence-corrected chi connectivity index (χ2v) is 10.7. The molecule has 3 nitrogen and oxygen atoms in total.